The summed E-state index contributed by atoms with van der Waals surface area (Å²) in [6, 6.07) is 7.29. The fraction of sp³-hybridized carbons (Fsp3) is 0.250. The molecular formula is C20H19N5O3. The molecule has 4 heterocycles. The van der Waals surface area contributed by atoms with Gasteiger partial charge in [-0.3, -0.25) is 19.6 Å². The third-order valence-electron chi connectivity index (χ3n) is 4.61. The van der Waals surface area contributed by atoms with Crippen LogP contribution in [0.2, 0.25) is 0 Å². The minimum atomic E-state index is -0.814. The van der Waals surface area contributed by atoms with Gasteiger partial charge in [-0.25, -0.2) is 4.98 Å². The van der Waals surface area contributed by atoms with E-state index in [0.717, 1.165) is 17.1 Å². The molecule has 0 spiro atoms. The highest BCUT2D eigenvalue weighted by molar-refractivity contribution is 6.09. The van der Waals surface area contributed by atoms with E-state index in [1.165, 1.54) is 6.20 Å². The Balaban J connectivity index is 1.61. The molecule has 2 aromatic rings. The zero-order chi connectivity index (χ0) is 19.5. The highest BCUT2D eigenvalue weighted by Gasteiger charge is 2.30. The summed E-state index contributed by atoms with van der Waals surface area (Å²) in [5.74, 6) is 1.10. The van der Waals surface area contributed by atoms with Gasteiger partial charge in [-0.2, -0.15) is 0 Å². The molecule has 2 N–H and O–H groups in total. The summed E-state index contributed by atoms with van der Waals surface area (Å²) >= 11 is 0. The van der Waals surface area contributed by atoms with E-state index >= 15 is 0 Å². The maximum absolute atomic E-state index is 12.6. The molecular weight excluding hydrogens is 358 g/mol. The number of fused-ring (bicyclic) bond motifs is 3. The Morgan fingerprint density at radius 1 is 1.29 bits per heavy atom. The van der Waals surface area contributed by atoms with Crippen LogP contribution in [-0.4, -0.2) is 50.7 Å². The maximum Gasteiger partial charge on any atom is 0.303 e. The summed E-state index contributed by atoms with van der Waals surface area (Å²) in [6.07, 6.45) is 5.91. The van der Waals surface area contributed by atoms with Crippen LogP contribution in [0.3, 0.4) is 0 Å². The SMILES string of the molecule is O=C(O)CCCc1ccc2c(n1)NC(=CC(=O)c1cccnc1)N1CCN=C21. The molecule has 142 valence electrons. The van der Waals surface area contributed by atoms with Gasteiger partial charge in [-0.1, -0.05) is 0 Å². The molecule has 28 heavy (non-hydrogen) atoms. The number of ketones is 1. The van der Waals surface area contributed by atoms with Gasteiger partial charge in [0.15, 0.2) is 5.78 Å². The zero-order valence-corrected chi connectivity index (χ0v) is 15.1. The number of aliphatic carboxylic acids is 1. The largest absolute Gasteiger partial charge is 0.481 e. The summed E-state index contributed by atoms with van der Waals surface area (Å²) in [6.45, 7) is 1.34. The van der Waals surface area contributed by atoms with E-state index in [0.29, 0.717) is 43.1 Å². The fourth-order valence-electron chi connectivity index (χ4n) is 3.27. The van der Waals surface area contributed by atoms with Crippen LogP contribution in [0.1, 0.15) is 34.5 Å². The number of amidine groups is 1. The molecule has 2 aromatic heterocycles. The van der Waals surface area contributed by atoms with Gasteiger partial charge in [-0.15, -0.1) is 0 Å². The molecule has 0 fully saturated rings. The molecule has 8 heteroatoms. The van der Waals surface area contributed by atoms with Gasteiger partial charge in [0.1, 0.15) is 17.5 Å². The van der Waals surface area contributed by atoms with Crippen molar-refractivity contribution < 1.29 is 14.7 Å². The van der Waals surface area contributed by atoms with Crippen molar-refractivity contribution in [1.29, 1.82) is 0 Å². The Morgan fingerprint density at radius 2 is 2.18 bits per heavy atom. The summed E-state index contributed by atoms with van der Waals surface area (Å²) < 4.78 is 0. The number of rotatable bonds is 6. The van der Waals surface area contributed by atoms with Gasteiger partial charge in [0, 0.05) is 42.7 Å². The van der Waals surface area contributed by atoms with Gasteiger partial charge >= 0.3 is 5.97 Å². The first-order chi connectivity index (χ1) is 13.6. The quantitative estimate of drug-likeness (QED) is 0.586. The number of carbonyl (C=O) groups is 2. The predicted octanol–water partition coefficient (Wildman–Crippen LogP) is 2.10. The Bertz CT molecular complexity index is 985. The van der Waals surface area contributed by atoms with Crippen molar-refractivity contribution in [3.05, 3.63) is 65.4 Å². The second-order valence-electron chi connectivity index (χ2n) is 6.56. The number of aliphatic imine (C=N–C) groups is 1. The van der Waals surface area contributed by atoms with Crippen molar-refractivity contribution in [2.24, 2.45) is 4.99 Å². The van der Waals surface area contributed by atoms with Crippen LogP contribution in [0.4, 0.5) is 5.82 Å². The lowest BCUT2D eigenvalue weighted by Gasteiger charge is -2.30. The lowest BCUT2D eigenvalue weighted by atomic mass is 10.1. The molecule has 8 nitrogen and oxygen atoms in total. The minimum absolute atomic E-state index is 0.109. The lowest BCUT2D eigenvalue weighted by molar-refractivity contribution is -0.137. The van der Waals surface area contributed by atoms with Gasteiger partial charge in [-0.05, 0) is 37.1 Å². The molecule has 0 aromatic carbocycles. The van der Waals surface area contributed by atoms with Crippen LogP contribution in [0.25, 0.3) is 0 Å². The lowest BCUT2D eigenvalue weighted by Crippen LogP contribution is -2.37. The number of carbonyl (C=O) groups excluding carboxylic acids is 1. The maximum atomic E-state index is 12.6. The van der Waals surface area contributed by atoms with Crippen LogP contribution in [0.15, 0.2) is 53.5 Å². The molecule has 0 saturated heterocycles. The van der Waals surface area contributed by atoms with E-state index in [1.54, 1.807) is 24.4 Å². The first kappa shape index (κ1) is 17.8. The van der Waals surface area contributed by atoms with Crippen molar-refractivity contribution in [3.63, 3.8) is 0 Å². The standard InChI is InChI=1S/C20H19N5O3/c26-16(13-3-2-8-21-12-13)11-17-24-19-15(20-22-9-10-25(17)20)7-6-14(23-19)4-1-5-18(27)28/h2-3,6-8,11-12H,1,4-5,9-10H2,(H,23,24)(H,27,28). The monoisotopic (exact) mass is 377 g/mol. The summed E-state index contributed by atoms with van der Waals surface area (Å²) in [5, 5.41) is 12.0. The third kappa shape index (κ3) is 3.62. The molecule has 2 aliphatic heterocycles. The second-order valence-corrected chi connectivity index (χ2v) is 6.56. The van der Waals surface area contributed by atoms with E-state index in [-0.39, 0.29) is 12.2 Å². The number of aromatic nitrogens is 2. The number of carboxylic acids is 1. The molecule has 4 rings (SSSR count). The van der Waals surface area contributed by atoms with Gasteiger partial charge in [0.2, 0.25) is 0 Å². The Hall–Kier alpha value is -3.55. The van der Waals surface area contributed by atoms with Crippen molar-refractivity contribution in [1.82, 2.24) is 14.9 Å². The number of pyridine rings is 2. The molecule has 0 radical (unpaired) electrons. The molecule has 0 amide bonds. The van der Waals surface area contributed by atoms with Crippen LogP contribution >= 0.6 is 0 Å². The van der Waals surface area contributed by atoms with Crippen LogP contribution in [0.5, 0.6) is 0 Å². The number of aryl methyl sites for hydroxylation is 1. The van der Waals surface area contributed by atoms with Crippen LogP contribution in [-0.2, 0) is 11.2 Å². The fourth-order valence-corrected chi connectivity index (χ4v) is 3.27. The van der Waals surface area contributed by atoms with Gasteiger partial charge < -0.3 is 15.3 Å². The molecule has 0 unspecified atom stereocenters. The van der Waals surface area contributed by atoms with E-state index in [1.807, 2.05) is 17.0 Å². The first-order valence-electron chi connectivity index (χ1n) is 9.09. The normalized spacial score (nSPS) is 16.2. The smallest absolute Gasteiger partial charge is 0.303 e. The number of carboxylic acid groups (broad SMARTS) is 1. The Labute approximate surface area is 161 Å². The number of anilines is 1. The number of allylic oxidation sites excluding steroid dienone is 1. The number of hydrogen-bond donors (Lipinski definition) is 2. The average Bonchev–Trinajstić information content (AvgIpc) is 3.18. The van der Waals surface area contributed by atoms with Crippen LogP contribution in [0, 0.1) is 0 Å². The first-order valence-corrected chi connectivity index (χ1v) is 9.09. The van der Waals surface area contributed by atoms with Crippen molar-refractivity contribution >= 4 is 23.4 Å². The van der Waals surface area contributed by atoms with Crippen LogP contribution < -0.4 is 5.32 Å². The van der Waals surface area contributed by atoms with Crippen molar-refractivity contribution in [2.45, 2.75) is 19.3 Å². The third-order valence-corrected chi connectivity index (χ3v) is 4.61. The topological polar surface area (TPSA) is 108 Å². The Kier molecular flexibility index (Phi) is 4.84. The average molecular weight is 377 g/mol. The summed E-state index contributed by atoms with van der Waals surface area (Å²) in [7, 11) is 0. The minimum Gasteiger partial charge on any atom is -0.481 e. The van der Waals surface area contributed by atoms with Gasteiger partial charge in [0.25, 0.3) is 0 Å². The highest BCUT2D eigenvalue weighted by atomic mass is 16.4. The summed E-state index contributed by atoms with van der Waals surface area (Å²) in [4.78, 5) is 38.5. The van der Waals surface area contributed by atoms with E-state index in [2.05, 4.69) is 20.3 Å². The molecule has 0 bridgehead atoms. The van der Waals surface area contributed by atoms with Gasteiger partial charge in [0.05, 0.1) is 12.1 Å². The highest BCUT2D eigenvalue weighted by Crippen LogP contribution is 2.29. The second kappa shape index (κ2) is 7.59. The summed E-state index contributed by atoms with van der Waals surface area (Å²) in [5.41, 5.74) is 2.19. The predicted molar refractivity (Wildman–Crippen MR) is 103 cm³/mol. The van der Waals surface area contributed by atoms with Crippen molar-refractivity contribution in [3.8, 4) is 0 Å². The van der Waals surface area contributed by atoms with E-state index < -0.39 is 5.97 Å². The molecule has 2 aliphatic rings. The molecule has 0 saturated carbocycles. The number of nitrogens with one attached hydrogen (secondary N) is 1. The van der Waals surface area contributed by atoms with Crippen molar-refractivity contribution in [2.75, 3.05) is 18.4 Å². The Morgan fingerprint density at radius 3 is 2.96 bits per heavy atom. The number of nitrogens with zero attached hydrogens (tertiary/aromatic N) is 4. The van der Waals surface area contributed by atoms with E-state index in [9.17, 15) is 9.59 Å². The number of hydrogen-bond acceptors (Lipinski definition) is 7. The zero-order valence-electron chi connectivity index (χ0n) is 15.1. The molecule has 0 atom stereocenters. The van der Waals surface area contributed by atoms with E-state index in [4.69, 9.17) is 5.11 Å². The molecule has 0 aliphatic carbocycles.